The molecule has 1 heteroatoms. The summed E-state index contributed by atoms with van der Waals surface area (Å²) >= 11 is 0. The Balaban J connectivity index is 3.36. The Bertz CT molecular complexity index is 382. The van der Waals surface area contributed by atoms with Gasteiger partial charge in [-0.25, -0.2) is 0 Å². The predicted octanol–water partition coefficient (Wildman–Crippen LogP) is 9.84. The first-order valence-corrected chi connectivity index (χ1v) is 13.1. The van der Waals surface area contributed by atoms with Gasteiger partial charge in [-0.2, -0.15) is 0 Å². The second-order valence-electron chi connectivity index (χ2n) is 10.3. The van der Waals surface area contributed by atoms with Gasteiger partial charge in [-0.05, 0) is 37.0 Å². The van der Waals surface area contributed by atoms with Crippen LogP contribution in [0.1, 0.15) is 150 Å². The Labute approximate surface area is 184 Å². The zero-order valence-electron chi connectivity index (χ0n) is 20.7. The third-order valence-electron chi connectivity index (χ3n) is 6.56. The Morgan fingerprint density at radius 1 is 0.759 bits per heavy atom. The Morgan fingerprint density at radius 3 is 1.66 bits per heavy atom. The van der Waals surface area contributed by atoms with Crippen LogP contribution in [0.15, 0.2) is 12.7 Å². The maximum absolute atomic E-state index is 12.1. The molecule has 0 aromatic carbocycles. The van der Waals surface area contributed by atoms with Gasteiger partial charge in [-0.1, -0.05) is 117 Å². The minimum atomic E-state index is 0.229. The number of carbonyl (C=O) groups excluding carboxylic acids is 1. The number of rotatable bonds is 22. The van der Waals surface area contributed by atoms with Crippen LogP contribution in [0.4, 0.5) is 0 Å². The number of hydrogen-bond donors (Lipinski definition) is 0. The van der Waals surface area contributed by atoms with Gasteiger partial charge in [0.2, 0.25) is 0 Å². The summed E-state index contributed by atoms with van der Waals surface area (Å²) in [4.78, 5) is 12.1. The van der Waals surface area contributed by atoms with Gasteiger partial charge in [0, 0.05) is 12.8 Å². The van der Waals surface area contributed by atoms with Crippen LogP contribution in [0.2, 0.25) is 0 Å². The molecule has 0 aliphatic rings. The van der Waals surface area contributed by atoms with Crippen LogP contribution in [-0.4, -0.2) is 5.78 Å². The number of carbonyl (C=O) groups is 1. The third kappa shape index (κ3) is 20.5. The molecule has 0 saturated heterocycles. The first kappa shape index (κ1) is 28.4. The Kier molecular flexibility index (Phi) is 19.0. The SMILES string of the molecule is C=CC(C)(C)CCC(C)CCC(=O)CCCCCCCCCCCCCCCC. The van der Waals surface area contributed by atoms with Gasteiger partial charge >= 0.3 is 0 Å². The second kappa shape index (κ2) is 19.4. The molecular formula is C28H54O. The Morgan fingerprint density at radius 2 is 1.21 bits per heavy atom. The molecular weight excluding hydrogens is 352 g/mol. The molecule has 0 aliphatic heterocycles. The highest BCUT2D eigenvalue weighted by atomic mass is 16.1. The number of allylic oxidation sites excluding steroid dienone is 1. The number of hydrogen-bond acceptors (Lipinski definition) is 1. The molecule has 0 radical (unpaired) electrons. The van der Waals surface area contributed by atoms with Crippen molar-refractivity contribution in [1.82, 2.24) is 0 Å². The molecule has 0 fully saturated rings. The standard InChI is InChI=1S/C28H54O/c1-6-8-9-10-11-12-13-14-15-16-17-18-19-20-21-27(29)23-22-26(3)24-25-28(4,5)7-2/h7,26H,2,6,8-25H2,1,3-5H3. The van der Waals surface area contributed by atoms with Crippen molar-refractivity contribution in [2.75, 3.05) is 0 Å². The van der Waals surface area contributed by atoms with Gasteiger partial charge in [-0.3, -0.25) is 4.79 Å². The van der Waals surface area contributed by atoms with E-state index in [2.05, 4.69) is 40.3 Å². The summed E-state index contributed by atoms with van der Waals surface area (Å²) in [5.74, 6) is 1.13. The van der Waals surface area contributed by atoms with Gasteiger partial charge in [0.05, 0.1) is 0 Å². The van der Waals surface area contributed by atoms with E-state index >= 15 is 0 Å². The highest BCUT2D eigenvalue weighted by molar-refractivity contribution is 5.78. The van der Waals surface area contributed by atoms with Gasteiger partial charge in [0.25, 0.3) is 0 Å². The molecule has 0 N–H and O–H groups in total. The molecule has 172 valence electrons. The van der Waals surface area contributed by atoms with E-state index in [0.29, 0.717) is 11.7 Å². The van der Waals surface area contributed by atoms with E-state index in [0.717, 1.165) is 25.7 Å². The molecule has 0 heterocycles. The van der Waals surface area contributed by atoms with Crippen molar-refractivity contribution in [1.29, 1.82) is 0 Å². The zero-order valence-corrected chi connectivity index (χ0v) is 20.7. The van der Waals surface area contributed by atoms with Gasteiger partial charge in [0.15, 0.2) is 0 Å². The lowest BCUT2D eigenvalue weighted by atomic mass is 9.84. The molecule has 29 heavy (non-hydrogen) atoms. The fourth-order valence-electron chi connectivity index (χ4n) is 3.91. The van der Waals surface area contributed by atoms with Gasteiger partial charge in [0.1, 0.15) is 5.78 Å². The predicted molar refractivity (Wildman–Crippen MR) is 132 cm³/mol. The maximum atomic E-state index is 12.1. The summed E-state index contributed by atoms with van der Waals surface area (Å²) in [6, 6.07) is 0. The zero-order chi connectivity index (χ0) is 21.8. The molecule has 0 amide bonds. The lowest BCUT2D eigenvalue weighted by Gasteiger charge is -2.21. The van der Waals surface area contributed by atoms with Crippen molar-refractivity contribution in [2.24, 2.45) is 11.3 Å². The van der Waals surface area contributed by atoms with Crippen LogP contribution in [0, 0.1) is 11.3 Å². The summed E-state index contributed by atoms with van der Waals surface area (Å²) in [5.41, 5.74) is 0.229. The third-order valence-corrected chi connectivity index (χ3v) is 6.56. The van der Waals surface area contributed by atoms with Crippen molar-refractivity contribution in [3.8, 4) is 0 Å². The average molecular weight is 407 g/mol. The Hall–Kier alpha value is -0.590. The number of Topliss-reactive ketones (excluding diaryl/α,β-unsaturated/α-hetero) is 1. The lowest BCUT2D eigenvalue weighted by molar-refractivity contribution is -0.119. The first-order valence-electron chi connectivity index (χ1n) is 13.1. The van der Waals surface area contributed by atoms with Crippen LogP contribution in [0.25, 0.3) is 0 Å². The van der Waals surface area contributed by atoms with E-state index < -0.39 is 0 Å². The van der Waals surface area contributed by atoms with Crippen molar-refractivity contribution < 1.29 is 4.79 Å². The van der Waals surface area contributed by atoms with E-state index in [-0.39, 0.29) is 5.41 Å². The molecule has 1 unspecified atom stereocenters. The van der Waals surface area contributed by atoms with Crippen molar-refractivity contribution in [3.63, 3.8) is 0 Å². The van der Waals surface area contributed by atoms with Crippen molar-refractivity contribution >= 4 is 5.78 Å². The summed E-state index contributed by atoms with van der Waals surface area (Å²) in [6.45, 7) is 13.0. The molecule has 0 aliphatic carbocycles. The van der Waals surface area contributed by atoms with E-state index in [4.69, 9.17) is 0 Å². The number of unbranched alkanes of at least 4 members (excludes halogenated alkanes) is 13. The lowest BCUT2D eigenvalue weighted by Crippen LogP contribution is -2.10. The van der Waals surface area contributed by atoms with Crippen LogP contribution in [0.3, 0.4) is 0 Å². The molecule has 0 bridgehead atoms. The summed E-state index contributed by atoms with van der Waals surface area (Å²) in [7, 11) is 0. The molecule has 0 saturated carbocycles. The largest absolute Gasteiger partial charge is 0.300 e. The maximum Gasteiger partial charge on any atom is 0.132 e. The van der Waals surface area contributed by atoms with Crippen molar-refractivity contribution in [3.05, 3.63) is 12.7 Å². The summed E-state index contributed by atoms with van der Waals surface area (Å²) in [5, 5.41) is 0. The van der Waals surface area contributed by atoms with Crippen LogP contribution < -0.4 is 0 Å². The highest BCUT2D eigenvalue weighted by Gasteiger charge is 2.15. The van der Waals surface area contributed by atoms with E-state index in [1.54, 1.807) is 0 Å². The minimum absolute atomic E-state index is 0.229. The molecule has 0 aromatic heterocycles. The summed E-state index contributed by atoms with van der Waals surface area (Å²) < 4.78 is 0. The molecule has 0 rings (SSSR count). The van der Waals surface area contributed by atoms with Crippen LogP contribution in [0.5, 0.6) is 0 Å². The highest BCUT2D eigenvalue weighted by Crippen LogP contribution is 2.27. The topological polar surface area (TPSA) is 17.1 Å². The van der Waals surface area contributed by atoms with Crippen molar-refractivity contribution in [2.45, 2.75) is 150 Å². The molecule has 0 spiro atoms. The summed E-state index contributed by atoms with van der Waals surface area (Å²) in [6.07, 6.45) is 26.3. The van der Waals surface area contributed by atoms with Crippen LogP contribution in [-0.2, 0) is 4.79 Å². The molecule has 1 atom stereocenters. The quantitative estimate of drug-likeness (QED) is 0.129. The number of ketones is 1. The minimum Gasteiger partial charge on any atom is -0.300 e. The fourth-order valence-corrected chi connectivity index (χ4v) is 3.91. The van der Waals surface area contributed by atoms with E-state index in [1.807, 2.05) is 0 Å². The normalized spacial score (nSPS) is 12.8. The smallest absolute Gasteiger partial charge is 0.132 e. The van der Waals surface area contributed by atoms with E-state index in [9.17, 15) is 4.79 Å². The second-order valence-corrected chi connectivity index (χ2v) is 10.3. The van der Waals surface area contributed by atoms with Gasteiger partial charge < -0.3 is 0 Å². The van der Waals surface area contributed by atoms with Gasteiger partial charge in [-0.15, -0.1) is 6.58 Å². The fraction of sp³-hybridized carbons (Fsp3) is 0.893. The van der Waals surface area contributed by atoms with E-state index in [1.165, 1.54) is 96.3 Å². The monoisotopic (exact) mass is 406 g/mol. The molecule has 0 aromatic rings. The molecule has 1 nitrogen and oxygen atoms in total. The average Bonchev–Trinajstić information content (AvgIpc) is 2.71. The first-order chi connectivity index (χ1) is 13.9. The van der Waals surface area contributed by atoms with Crippen LogP contribution >= 0.6 is 0 Å².